The van der Waals surface area contributed by atoms with E-state index >= 15 is 0 Å². The van der Waals surface area contributed by atoms with E-state index in [1.807, 2.05) is 11.0 Å². The van der Waals surface area contributed by atoms with Gasteiger partial charge in [-0.15, -0.1) is 0 Å². The Bertz CT molecular complexity index is 621. The minimum atomic E-state index is 0.0723. The highest BCUT2D eigenvalue weighted by Crippen LogP contribution is 2.45. The third-order valence-electron chi connectivity index (χ3n) is 4.17. The molecule has 0 radical (unpaired) electrons. The number of fused-ring (bicyclic) bond motifs is 2. The van der Waals surface area contributed by atoms with Crippen LogP contribution in [0.25, 0.3) is 0 Å². The standard InChI is InChI=1S/C14H14N4O/c19-14(9-2-1-5-15-6-9)18-7-10-3-4-11(18)13-12(10)16-8-17-13/h1-2,5-6,8,10-11H,3-4,7H2,(H,16,17). The smallest absolute Gasteiger partial charge is 0.256 e. The van der Waals surface area contributed by atoms with Crippen molar-refractivity contribution < 1.29 is 4.79 Å². The molecular weight excluding hydrogens is 240 g/mol. The van der Waals surface area contributed by atoms with Gasteiger partial charge in [0.25, 0.3) is 5.91 Å². The number of rotatable bonds is 1. The largest absolute Gasteiger partial charge is 0.347 e. The van der Waals surface area contributed by atoms with Crippen molar-refractivity contribution in [1.29, 1.82) is 0 Å². The quantitative estimate of drug-likeness (QED) is 0.845. The van der Waals surface area contributed by atoms with Gasteiger partial charge in [-0.1, -0.05) is 0 Å². The summed E-state index contributed by atoms with van der Waals surface area (Å²) in [7, 11) is 0. The zero-order valence-electron chi connectivity index (χ0n) is 10.4. The van der Waals surface area contributed by atoms with Gasteiger partial charge < -0.3 is 9.88 Å². The highest BCUT2D eigenvalue weighted by atomic mass is 16.2. The van der Waals surface area contributed by atoms with Gasteiger partial charge in [0.15, 0.2) is 0 Å². The van der Waals surface area contributed by atoms with E-state index in [2.05, 4.69) is 15.0 Å². The summed E-state index contributed by atoms with van der Waals surface area (Å²) in [6.45, 7) is 0.774. The lowest BCUT2D eigenvalue weighted by Gasteiger charge is -2.44. The Balaban J connectivity index is 1.70. The predicted octanol–water partition coefficient (Wildman–Crippen LogP) is 1.88. The van der Waals surface area contributed by atoms with E-state index in [0.717, 1.165) is 30.8 Å². The Labute approximate surface area is 110 Å². The normalized spacial score (nSPS) is 24.3. The Morgan fingerprint density at radius 3 is 3.21 bits per heavy atom. The summed E-state index contributed by atoms with van der Waals surface area (Å²) < 4.78 is 0. The molecule has 2 unspecified atom stereocenters. The van der Waals surface area contributed by atoms with Crippen LogP contribution in [0.3, 0.4) is 0 Å². The summed E-state index contributed by atoms with van der Waals surface area (Å²) in [4.78, 5) is 26.2. The third-order valence-corrected chi connectivity index (χ3v) is 4.17. The molecule has 0 aromatic carbocycles. The monoisotopic (exact) mass is 254 g/mol. The Morgan fingerprint density at radius 2 is 2.37 bits per heavy atom. The summed E-state index contributed by atoms with van der Waals surface area (Å²) in [5.41, 5.74) is 2.95. The zero-order valence-corrected chi connectivity index (χ0v) is 10.4. The number of hydrogen-bond acceptors (Lipinski definition) is 3. The molecule has 4 heterocycles. The van der Waals surface area contributed by atoms with E-state index < -0.39 is 0 Å². The van der Waals surface area contributed by atoms with Crippen LogP contribution in [0.1, 0.15) is 46.5 Å². The molecule has 2 aromatic rings. The third kappa shape index (κ3) is 1.51. The van der Waals surface area contributed by atoms with E-state index in [4.69, 9.17) is 0 Å². The molecule has 5 heteroatoms. The van der Waals surface area contributed by atoms with Gasteiger partial charge in [0.05, 0.1) is 29.3 Å². The molecule has 2 aromatic heterocycles. The highest BCUT2D eigenvalue weighted by molar-refractivity contribution is 5.94. The maximum Gasteiger partial charge on any atom is 0.256 e. The Hall–Kier alpha value is -2.17. The summed E-state index contributed by atoms with van der Waals surface area (Å²) in [6.07, 6.45) is 7.21. The van der Waals surface area contributed by atoms with Crippen LogP contribution in [-0.2, 0) is 0 Å². The maximum absolute atomic E-state index is 12.6. The SMILES string of the molecule is O=C(c1cccnc1)N1CC2CCC1c1[nH]cnc12. The van der Waals surface area contributed by atoms with Crippen LogP contribution in [-0.4, -0.2) is 32.3 Å². The van der Waals surface area contributed by atoms with Crippen LogP contribution in [0, 0.1) is 0 Å². The number of piperidine rings is 1. The summed E-state index contributed by atoms with van der Waals surface area (Å²) in [5, 5.41) is 0. The minimum Gasteiger partial charge on any atom is -0.347 e. The summed E-state index contributed by atoms with van der Waals surface area (Å²) >= 11 is 0. The number of amides is 1. The number of imidazole rings is 1. The van der Waals surface area contributed by atoms with Crippen LogP contribution in [0.15, 0.2) is 30.9 Å². The van der Waals surface area contributed by atoms with Crippen LogP contribution in [0.2, 0.25) is 0 Å². The molecule has 5 rings (SSSR count). The number of nitrogens with zero attached hydrogens (tertiary/aromatic N) is 3. The predicted molar refractivity (Wildman–Crippen MR) is 68.6 cm³/mol. The second-order valence-corrected chi connectivity index (χ2v) is 5.19. The first kappa shape index (κ1) is 10.7. The molecule has 2 bridgehead atoms. The molecule has 5 nitrogen and oxygen atoms in total. The van der Waals surface area contributed by atoms with E-state index in [1.54, 1.807) is 24.8 Å². The molecule has 0 spiro atoms. The average molecular weight is 254 g/mol. The molecule has 1 aliphatic carbocycles. The molecule has 0 saturated carbocycles. The zero-order chi connectivity index (χ0) is 12.8. The van der Waals surface area contributed by atoms with E-state index in [9.17, 15) is 4.79 Å². The molecule has 1 amide bonds. The van der Waals surface area contributed by atoms with Crippen LogP contribution < -0.4 is 0 Å². The minimum absolute atomic E-state index is 0.0723. The molecule has 1 fully saturated rings. The van der Waals surface area contributed by atoms with Crippen LogP contribution >= 0.6 is 0 Å². The Morgan fingerprint density at radius 1 is 1.42 bits per heavy atom. The number of carbonyl (C=O) groups is 1. The fourth-order valence-corrected chi connectivity index (χ4v) is 3.28. The lowest BCUT2D eigenvalue weighted by Crippen LogP contribution is -2.45. The highest BCUT2D eigenvalue weighted by Gasteiger charge is 2.42. The van der Waals surface area contributed by atoms with Crippen LogP contribution in [0.5, 0.6) is 0 Å². The second kappa shape index (κ2) is 3.91. The number of nitrogens with one attached hydrogen (secondary N) is 1. The first-order chi connectivity index (χ1) is 9.34. The molecule has 96 valence electrons. The van der Waals surface area contributed by atoms with E-state index in [1.165, 1.54) is 0 Å². The number of carbonyl (C=O) groups excluding carboxylic acids is 1. The first-order valence-electron chi connectivity index (χ1n) is 6.59. The van der Waals surface area contributed by atoms with Gasteiger partial charge >= 0.3 is 0 Å². The Kier molecular flexibility index (Phi) is 2.21. The fraction of sp³-hybridized carbons (Fsp3) is 0.357. The molecule has 2 aliphatic heterocycles. The number of aromatic amines is 1. The molecule has 2 atom stereocenters. The van der Waals surface area contributed by atoms with E-state index in [0.29, 0.717) is 11.5 Å². The van der Waals surface area contributed by atoms with Gasteiger partial charge in [0, 0.05) is 24.9 Å². The number of aromatic nitrogens is 3. The fourth-order valence-electron chi connectivity index (χ4n) is 3.28. The number of pyridine rings is 1. The molecular formula is C14H14N4O. The van der Waals surface area contributed by atoms with Gasteiger partial charge in [0.1, 0.15) is 0 Å². The number of H-pyrrole nitrogens is 1. The molecule has 1 saturated heterocycles. The van der Waals surface area contributed by atoms with Crippen molar-refractivity contribution in [3.63, 3.8) is 0 Å². The van der Waals surface area contributed by atoms with Crippen molar-refractivity contribution in [1.82, 2.24) is 19.9 Å². The average Bonchev–Trinajstić information content (AvgIpc) is 2.99. The van der Waals surface area contributed by atoms with Gasteiger partial charge in [-0.3, -0.25) is 9.78 Å². The number of hydrogen-bond donors (Lipinski definition) is 1. The lowest BCUT2D eigenvalue weighted by atomic mass is 9.80. The summed E-state index contributed by atoms with van der Waals surface area (Å²) in [6, 6.07) is 3.78. The second-order valence-electron chi connectivity index (χ2n) is 5.19. The van der Waals surface area contributed by atoms with Crippen molar-refractivity contribution in [3.05, 3.63) is 47.8 Å². The van der Waals surface area contributed by atoms with Crippen molar-refractivity contribution >= 4 is 5.91 Å². The maximum atomic E-state index is 12.6. The lowest BCUT2D eigenvalue weighted by molar-refractivity contribution is 0.0530. The van der Waals surface area contributed by atoms with Gasteiger partial charge in [-0.05, 0) is 25.0 Å². The van der Waals surface area contributed by atoms with Crippen molar-refractivity contribution in [2.45, 2.75) is 24.8 Å². The van der Waals surface area contributed by atoms with Crippen molar-refractivity contribution in [2.75, 3.05) is 6.54 Å². The van der Waals surface area contributed by atoms with E-state index in [-0.39, 0.29) is 11.9 Å². The van der Waals surface area contributed by atoms with Gasteiger partial charge in [-0.25, -0.2) is 4.98 Å². The first-order valence-corrected chi connectivity index (χ1v) is 6.59. The van der Waals surface area contributed by atoms with Crippen molar-refractivity contribution in [3.8, 4) is 0 Å². The van der Waals surface area contributed by atoms with Gasteiger partial charge in [0.2, 0.25) is 0 Å². The molecule has 19 heavy (non-hydrogen) atoms. The summed E-state index contributed by atoms with van der Waals surface area (Å²) in [5.74, 6) is 0.454. The van der Waals surface area contributed by atoms with Gasteiger partial charge in [-0.2, -0.15) is 0 Å². The molecule has 3 aliphatic rings. The topological polar surface area (TPSA) is 61.9 Å². The molecule has 1 N–H and O–H groups in total. The van der Waals surface area contributed by atoms with Crippen molar-refractivity contribution in [2.24, 2.45) is 0 Å². The van der Waals surface area contributed by atoms with Crippen LogP contribution in [0.4, 0.5) is 0 Å².